The van der Waals surface area contributed by atoms with Gasteiger partial charge in [0.2, 0.25) is 0 Å². The lowest BCUT2D eigenvalue weighted by Gasteiger charge is -2.21. The van der Waals surface area contributed by atoms with Crippen LogP contribution in [0.3, 0.4) is 0 Å². The van der Waals surface area contributed by atoms with Crippen LogP contribution in [-0.4, -0.2) is 30.8 Å². The highest BCUT2D eigenvalue weighted by atomic mass is 16.4. The minimum Gasteiger partial charge on any atom is -0.466 e. The van der Waals surface area contributed by atoms with Crippen molar-refractivity contribution >= 4 is 17.4 Å². The summed E-state index contributed by atoms with van der Waals surface area (Å²) in [5, 5.41) is 15.8. The normalized spacial score (nSPS) is 19.5. The second-order valence-electron chi connectivity index (χ2n) is 6.95. The van der Waals surface area contributed by atoms with Crippen molar-refractivity contribution in [3.05, 3.63) is 48.4 Å². The van der Waals surface area contributed by atoms with Gasteiger partial charge in [-0.05, 0) is 55.7 Å². The Labute approximate surface area is 147 Å². The van der Waals surface area contributed by atoms with Gasteiger partial charge in [-0.2, -0.15) is 0 Å². The van der Waals surface area contributed by atoms with Crippen LogP contribution in [0.25, 0.3) is 0 Å². The Morgan fingerprint density at radius 1 is 1.36 bits per heavy atom. The maximum absolute atomic E-state index is 12.0. The van der Waals surface area contributed by atoms with Crippen molar-refractivity contribution in [1.29, 1.82) is 0 Å². The molecule has 2 unspecified atom stereocenters. The molecule has 1 saturated heterocycles. The molecular formula is C19H25N3O3. The lowest BCUT2D eigenvalue weighted by Crippen LogP contribution is -2.40. The molecule has 6 nitrogen and oxygen atoms in total. The van der Waals surface area contributed by atoms with Gasteiger partial charge in [0.25, 0.3) is 0 Å². The number of hydrogen-bond donors (Lipinski definition) is 3. The predicted molar refractivity (Wildman–Crippen MR) is 97.7 cm³/mol. The van der Waals surface area contributed by atoms with Crippen molar-refractivity contribution in [3.63, 3.8) is 0 Å². The Morgan fingerprint density at radius 2 is 2.12 bits per heavy atom. The van der Waals surface area contributed by atoms with E-state index in [1.165, 1.54) is 18.4 Å². The first-order chi connectivity index (χ1) is 11.9. The average Bonchev–Trinajstić information content (AvgIpc) is 3.26. The molecule has 0 aliphatic carbocycles. The summed E-state index contributed by atoms with van der Waals surface area (Å²) in [6.07, 6.45) is 2.71. The van der Waals surface area contributed by atoms with E-state index in [-0.39, 0.29) is 12.6 Å². The topological polar surface area (TPSA) is 77.7 Å². The number of rotatable bonds is 5. The van der Waals surface area contributed by atoms with Crippen LogP contribution in [0, 0.1) is 5.92 Å². The SMILES string of the molecule is CC1CCN(c2ccc(NC(=O)NCC(C)(O)c3ccco3)cc2)C1. The number of aliphatic hydroxyl groups is 1. The summed E-state index contributed by atoms with van der Waals surface area (Å²) in [5.74, 6) is 1.14. The van der Waals surface area contributed by atoms with Crippen molar-refractivity contribution in [3.8, 4) is 0 Å². The third-order valence-corrected chi connectivity index (χ3v) is 4.56. The number of benzene rings is 1. The second kappa shape index (κ2) is 7.19. The highest BCUT2D eigenvalue weighted by Crippen LogP contribution is 2.25. The first-order valence-corrected chi connectivity index (χ1v) is 8.60. The maximum atomic E-state index is 12.0. The van der Waals surface area contributed by atoms with Crippen LogP contribution in [-0.2, 0) is 5.60 Å². The molecule has 2 atom stereocenters. The van der Waals surface area contributed by atoms with E-state index in [4.69, 9.17) is 4.42 Å². The van der Waals surface area contributed by atoms with Gasteiger partial charge in [-0.25, -0.2) is 4.79 Å². The van der Waals surface area contributed by atoms with Crippen LogP contribution in [0.4, 0.5) is 16.2 Å². The van der Waals surface area contributed by atoms with Crippen LogP contribution < -0.4 is 15.5 Å². The van der Waals surface area contributed by atoms with Gasteiger partial charge in [0, 0.05) is 24.5 Å². The number of nitrogens with zero attached hydrogens (tertiary/aromatic N) is 1. The Morgan fingerprint density at radius 3 is 2.72 bits per heavy atom. The number of carbonyl (C=O) groups is 1. The number of anilines is 2. The summed E-state index contributed by atoms with van der Waals surface area (Å²) < 4.78 is 5.19. The molecule has 0 bridgehead atoms. The Balaban J connectivity index is 1.51. The average molecular weight is 343 g/mol. The number of carbonyl (C=O) groups excluding carboxylic acids is 1. The number of furan rings is 1. The molecule has 1 aliphatic heterocycles. The Hall–Kier alpha value is -2.47. The predicted octanol–water partition coefficient (Wildman–Crippen LogP) is 3.16. The monoisotopic (exact) mass is 343 g/mol. The molecule has 1 aliphatic rings. The lowest BCUT2D eigenvalue weighted by molar-refractivity contribution is 0.0372. The summed E-state index contributed by atoms with van der Waals surface area (Å²) in [4.78, 5) is 14.4. The molecule has 3 rings (SSSR count). The van der Waals surface area contributed by atoms with Crippen LogP contribution in [0.2, 0.25) is 0 Å². The molecule has 6 heteroatoms. The van der Waals surface area contributed by atoms with Crippen molar-refractivity contribution in [2.75, 3.05) is 29.9 Å². The molecule has 134 valence electrons. The summed E-state index contributed by atoms with van der Waals surface area (Å²) in [6.45, 7) is 6.07. The van der Waals surface area contributed by atoms with Gasteiger partial charge in [-0.3, -0.25) is 0 Å². The van der Waals surface area contributed by atoms with E-state index in [9.17, 15) is 9.90 Å². The van der Waals surface area contributed by atoms with Gasteiger partial charge in [-0.1, -0.05) is 6.92 Å². The second-order valence-corrected chi connectivity index (χ2v) is 6.95. The molecule has 1 fully saturated rings. The third-order valence-electron chi connectivity index (χ3n) is 4.56. The van der Waals surface area contributed by atoms with Crippen LogP contribution in [0.15, 0.2) is 47.1 Å². The van der Waals surface area contributed by atoms with E-state index < -0.39 is 5.60 Å². The molecule has 2 aromatic rings. The molecule has 0 radical (unpaired) electrons. The zero-order chi connectivity index (χ0) is 17.9. The van der Waals surface area contributed by atoms with Crippen LogP contribution in [0.5, 0.6) is 0 Å². The molecular weight excluding hydrogens is 318 g/mol. The zero-order valence-electron chi connectivity index (χ0n) is 14.7. The van der Waals surface area contributed by atoms with Gasteiger partial charge in [-0.15, -0.1) is 0 Å². The standard InChI is InChI=1S/C19H25N3O3/c1-14-9-10-22(12-14)16-7-5-15(6-8-16)21-18(23)20-13-19(2,24)17-4-3-11-25-17/h3-8,11,14,24H,9-10,12-13H2,1-2H3,(H2,20,21,23). The van der Waals surface area contributed by atoms with E-state index >= 15 is 0 Å². The summed E-state index contributed by atoms with van der Waals surface area (Å²) >= 11 is 0. The molecule has 1 aromatic carbocycles. The van der Waals surface area contributed by atoms with Crippen molar-refractivity contribution in [1.82, 2.24) is 5.32 Å². The molecule has 1 aromatic heterocycles. The minimum atomic E-state index is -1.25. The molecule has 0 spiro atoms. The van der Waals surface area contributed by atoms with Crippen LogP contribution >= 0.6 is 0 Å². The Kier molecular flexibility index (Phi) is 4.99. The fourth-order valence-corrected chi connectivity index (χ4v) is 3.02. The number of urea groups is 1. The molecule has 25 heavy (non-hydrogen) atoms. The fourth-order valence-electron chi connectivity index (χ4n) is 3.02. The van der Waals surface area contributed by atoms with Gasteiger partial charge < -0.3 is 25.1 Å². The summed E-state index contributed by atoms with van der Waals surface area (Å²) in [7, 11) is 0. The van der Waals surface area contributed by atoms with Crippen molar-refractivity contribution in [2.24, 2.45) is 5.92 Å². The van der Waals surface area contributed by atoms with E-state index in [0.29, 0.717) is 11.4 Å². The van der Waals surface area contributed by atoms with Crippen LogP contribution in [0.1, 0.15) is 26.0 Å². The quantitative estimate of drug-likeness (QED) is 0.779. The highest BCUT2D eigenvalue weighted by molar-refractivity contribution is 5.89. The van der Waals surface area contributed by atoms with Gasteiger partial charge >= 0.3 is 6.03 Å². The number of nitrogens with one attached hydrogen (secondary N) is 2. The molecule has 2 heterocycles. The van der Waals surface area contributed by atoms with E-state index in [1.807, 2.05) is 24.3 Å². The zero-order valence-corrected chi connectivity index (χ0v) is 14.7. The van der Waals surface area contributed by atoms with E-state index in [0.717, 1.165) is 19.0 Å². The van der Waals surface area contributed by atoms with Crippen molar-refractivity contribution in [2.45, 2.75) is 25.9 Å². The third kappa shape index (κ3) is 4.33. The number of amides is 2. The maximum Gasteiger partial charge on any atom is 0.319 e. The smallest absolute Gasteiger partial charge is 0.319 e. The molecule has 0 saturated carbocycles. The van der Waals surface area contributed by atoms with Gasteiger partial charge in [0.05, 0.1) is 12.8 Å². The molecule has 3 N–H and O–H groups in total. The molecule has 2 amide bonds. The first kappa shape index (κ1) is 17.4. The van der Waals surface area contributed by atoms with E-state index in [1.54, 1.807) is 19.1 Å². The summed E-state index contributed by atoms with van der Waals surface area (Å²) in [6, 6.07) is 10.8. The van der Waals surface area contributed by atoms with Gasteiger partial charge in [0.1, 0.15) is 11.4 Å². The van der Waals surface area contributed by atoms with Crippen molar-refractivity contribution < 1.29 is 14.3 Å². The number of hydrogen-bond acceptors (Lipinski definition) is 4. The Bertz CT molecular complexity index is 695. The first-order valence-electron chi connectivity index (χ1n) is 8.60. The minimum absolute atomic E-state index is 0.0517. The largest absolute Gasteiger partial charge is 0.466 e. The van der Waals surface area contributed by atoms with Gasteiger partial charge in [0.15, 0.2) is 0 Å². The summed E-state index contributed by atoms with van der Waals surface area (Å²) in [5.41, 5.74) is 0.638. The lowest BCUT2D eigenvalue weighted by atomic mass is 10.0. The fraction of sp³-hybridized carbons (Fsp3) is 0.421. The van der Waals surface area contributed by atoms with E-state index in [2.05, 4.69) is 22.5 Å². The highest BCUT2D eigenvalue weighted by Gasteiger charge is 2.26.